The maximum atomic E-state index is 5.24. The predicted molar refractivity (Wildman–Crippen MR) is 261 cm³/mol. The minimum atomic E-state index is 0.630. The molecule has 6 heterocycles. The second-order valence-corrected chi connectivity index (χ2v) is 17.0. The molecule has 294 valence electrons. The molecule has 0 N–H and O–H groups in total. The van der Waals surface area contributed by atoms with E-state index in [1.54, 1.807) is 11.3 Å². The summed E-state index contributed by atoms with van der Waals surface area (Å²) in [5.74, 6) is 0.630. The average molecular weight is 823 g/mol. The molecule has 7 aromatic carbocycles. The second-order valence-electron chi connectivity index (χ2n) is 15.9. The highest BCUT2D eigenvalue weighted by Crippen LogP contribution is 2.40. The van der Waals surface area contributed by atoms with Crippen molar-refractivity contribution < 1.29 is 0 Å². The first-order valence-electron chi connectivity index (χ1n) is 21.0. The van der Waals surface area contributed by atoms with E-state index in [2.05, 4.69) is 179 Å². The van der Waals surface area contributed by atoms with Gasteiger partial charge in [-0.05, 0) is 83.9 Å². The molecule has 0 radical (unpaired) electrons. The van der Waals surface area contributed by atoms with Gasteiger partial charge in [-0.3, -0.25) is 9.55 Å². The Bertz CT molecular complexity index is 3860. The molecule has 13 rings (SSSR count). The summed E-state index contributed by atoms with van der Waals surface area (Å²) in [5.41, 5.74) is 14.6. The van der Waals surface area contributed by atoms with E-state index < -0.39 is 0 Å². The van der Waals surface area contributed by atoms with E-state index in [0.717, 1.165) is 94.3 Å². The summed E-state index contributed by atoms with van der Waals surface area (Å²) in [7, 11) is 0. The quantitative estimate of drug-likeness (QED) is 0.168. The molecule has 7 heteroatoms. The molecule has 63 heavy (non-hydrogen) atoms. The number of thiophene rings is 1. The van der Waals surface area contributed by atoms with E-state index in [0.29, 0.717) is 5.95 Å². The maximum absolute atomic E-state index is 5.24. The van der Waals surface area contributed by atoms with Crippen LogP contribution in [-0.2, 0) is 0 Å². The SMILES string of the molecule is c1ccc(-c2cc(-n3c4ccccc4c4cc(-c5ccc6c7ccccc7n(-c7nccc(-c8ccc9sc%10cccnc%10c9c8)n7)c6c5)ccc43)cc(-c3ccccc3)n2)cc1. The Hall–Kier alpha value is -8.26. The van der Waals surface area contributed by atoms with Crippen LogP contribution in [0.25, 0.3) is 120 Å². The minimum Gasteiger partial charge on any atom is -0.309 e. The van der Waals surface area contributed by atoms with Crippen LogP contribution in [0.4, 0.5) is 0 Å². The van der Waals surface area contributed by atoms with Crippen molar-refractivity contribution in [3.8, 4) is 56.5 Å². The number of pyridine rings is 2. The molecular weight excluding hydrogens is 789 g/mol. The molecular formula is C56H34N6S. The maximum Gasteiger partial charge on any atom is 0.235 e. The molecule has 0 aliphatic carbocycles. The van der Waals surface area contributed by atoms with Crippen LogP contribution in [0.5, 0.6) is 0 Å². The Morgan fingerprint density at radius 1 is 0.333 bits per heavy atom. The zero-order valence-corrected chi connectivity index (χ0v) is 34.5. The molecule has 0 amide bonds. The zero-order valence-electron chi connectivity index (χ0n) is 33.7. The van der Waals surface area contributed by atoms with Gasteiger partial charge in [0.15, 0.2) is 0 Å². The van der Waals surface area contributed by atoms with Gasteiger partial charge in [-0.25, -0.2) is 15.0 Å². The molecule has 6 aromatic heterocycles. The van der Waals surface area contributed by atoms with Crippen molar-refractivity contribution >= 4 is 75.3 Å². The summed E-state index contributed by atoms with van der Waals surface area (Å²) < 4.78 is 6.99. The zero-order chi connectivity index (χ0) is 41.4. The van der Waals surface area contributed by atoms with Crippen molar-refractivity contribution in [1.29, 1.82) is 0 Å². The summed E-state index contributed by atoms with van der Waals surface area (Å²) in [4.78, 5) is 20.0. The molecule has 0 fully saturated rings. The van der Waals surface area contributed by atoms with Gasteiger partial charge >= 0.3 is 0 Å². The molecule has 0 saturated carbocycles. The third-order valence-electron chi connectivity index (χ3n) is 12.3. The highest BCUT2D eigenvalue weighted by atomic mass is 32.1. The standard InChI is InChI=1S/C56H34N6S/c1-3-12-35(13-4-1)47-33-40(34-48(59-47)36-14-5-2-6-15-36)61-49-18-9-8-17-42(49)44-30-37(22-25-51(44)61)38-21-24-43-41-16-7-10-19-50(41)62(52(43)32-38)56-58-29-27-46(60-56)39-23-26-53-45(31-39)55-54(63-53)20-11-28-57-55/h1-34H. The van der Waals surface area contributed by atoms with Gasteiger partial charge in [0.05, 0.1) is 55.1 Å². The lowest BCUT2D eigenvalue weighted by atomic mass is 10.0. The van der Waals surface area contributed by atoms with E-state index in [9.17, 15) is 0 Å². The van der Waals surface area contributed by atoms with Gasteiger partial charge in [0.2, 0.25) is 5.95 Å². The first kappa shape index (κ1) is 35.5. The first-order chi connectivity index (χ1) is 31.2. The summed E-state index contributed by atoms with van der Waals surface area (Å²) in [5, 5.41) is 5.83. The largest absolute Gasteiger partial charge is 0.309 e. The van der Waals surface area contributed by atoms with Crippen LogP contribution in [0.3, 0.4) is 0 Å². The van der Waals surface area contributed by atoms with E-state index in [1.807, 2.05) is 36.7 Å². The van der Waals surface area contributed by atoms with Crippen molar-refractivity contribution in [2.24, 2.45) is 0 Å². The third kappa shape index (κ3) is 5.78. The van der Waals surface area contributed by atoms with Crippen molar-refractivity contribution in [2.45, 2.75) is 0 Å². The van der Waals surface area contributed by atoms with Gasteiger partial charge in [-0.15, -0.1) is 11.3 Å². The fourth-order valence-corrected chi connectivity index (χ4v) is 10.4. The monoisotopic (exact) mass is 822 g/mol. The molecule has 0 saturated heterocycles. The molecule has 0 atom stereocenters. The van der Waals surface area contributed by atoms with E-state index in [-0.39, 0.29) is 0 Å². The van der Waals surface area contributed by atoms with Crippen LogP contribution in [-0.4, -0.2) is 29.1 Å². The number of fused-ring (bicyclic) bond motifs is 9. The second kappa shape index (κ2) is 14.2. The number of aromatic nitrogens is 6. The molecule has 13 aromatic rings. The molecule has 0 aliphatic rings. The highest BCUT2D eigenvalue weighted by molar-refractivity contribution is 7.25. The Kier molecular flexibility index (Phi) is 7.98. The summed E-state index contributed by atoms with van der Waals surface area (Å²) in [6.07, 6.45) is 3.73. The number of hydrogen-bond acceptors (Lipinski definition) is 5. The highest BCUT2D eigenvalue weighted by Gasteiger charge is 2.19. The Balaban J connectivity index is 0.961. The molecule has 0 bridgehead atoms. The average Bonchev–Trinajstić information content (AvgIpc) is 4.01. The van der Waals surface area contributed by atoms with Crippen molar-refractivity contribution in [2.75, 3.05) is 0 Å². The van der Waals surface area contributed by atoms with Gasteiger partial charge in [-0.1, -0.05) is 121 Å². The van der Waals surface area contributed by atoms with Gasteiger partial charge in [0.1, 0.15) is 0 Å². The smallest absolute Gasteiger partial charge is 0.235 e. The molecule has 0 aliphatic heterocycles. The van der Waals surface area contributed by atoms with Crippen LogP contribution in [0.15, 0.2) is 207 Å². The van der Waals surface area contributed by atoms with Crippen molar-refractivity contribution in [3.63, 3.8) is 0 Å². The lowest BCUT2D eigenvalue weighted by molar-refractivity contribution is 0.992. The number of rotatable bonds is 6. The van der Waals surface area contributed by atoms with Gasteiger partial charge in [-0.2, -0.15) is 0 Å². The minimum absolute atomic E-state index is 0.630. The van der Waals surface area contributed by atoms with Crippen LogP contribution >= 0.6 is 11.3 Å². The Labute approximate surface area is 365 Å². The normalized spacial score (nSPS) is 11.8. The lowest BCUT2D eigenvalue weighted by Crippen LogP contribution is -2.01. The van der Waals surface area contributed by atoms with Crippen LogP contribution in [0, 0.1) is 0 Å². The number of hydrogen-bond donors (Lipinski definition) is 0. The lowest BCUT2D eigenvalue weighted by Gasteiger charge is -2.13. The number of nitrogens with zero attached hydrogens (tertiary/aromatic N) is 6. The Morgan fingerprint density at radius 2 is 0.952 bits per heavy atom. The van der Waals surface area contributed by atoms with Gasteiger partial charge in [0, 0.05) is 60.7 Å². The fourth-order valence-electron chi connectivity index (χ4n) is 9.33. The van der Waals surface area contributed by atoms with Gasteiger partial charge < -0.3 is 4.57 Å². The van der Waals surface area contributed by atoms with Crippen LogP contribution in [0.2, 0.25) is 0 Å². The molecule has 0 spiro atoms. The van der Waals surface area contributed by atoms with Crippen molar-refractivity contribution in [3.05, 3.63) is 207 Å². The summed E-state index contributed by atoms with van der Waals surface area (Å²) >= 11 is 1.77. The molecule has 0 unspecified atom stereocenters. The van der Waals surface area contributed by atoms with Crippen molar-refractivity contribution in [1.82, 2.24) is 29.1 Å². The predicted octanol–water partition coefficient (Wildman–Crippen LogP) is 14.5. The third-order valence-corrected chi connectivity index (χ3v) is 13.4. The molecule has 6 nitrogen and oxygen atoms in total. The van der Waals surface area contributed by atoms with Crippen LogP contribution in [0.1, 0.15) is 0 Å². The van der Waals surface area contributed by atoms with E-state index in [1.165, 1.54) is 20.2 Å². The van der Waals surface area contributed by atoms with E-state index >= 15 is 0 Å². The first-order valence-corrected chi connectivity index (χ1v) is 21.8. The summed E-state index contributed by atoms with van der Waals surface area (Å²) in [6, 6.07) is 68.9. The topological polar surface area (TPSA) is 61.4 Å². The van der Waals surface area contributed by atoms with Crippen LogP contribution < -0.4 is 0 Å². The number of benzene rings is 7. The fraction of sp³-hybridized carbons (Fsp3) is 0. The summed E-state index contributed by atoms with van der Waals surface area (Å²) in [6.45, 7) is 0. The number of para-hydroxylation sites is 2. The van der Waals surface area contributed by atoms with E-state index in [4.69, 9.17) is 19.9 Å². The van der Waals surface area contributed by atoms with Gasteiger partial charge in [0.25, 0.3) is 0 Å². The Morgan fingerprint density at radius 3 is 1.73 bits per heavy atom.